The molecular formula is C18H24N2O4. The molecule has 2 fully saturated rings. The normalized spacial score (nSPS) is 26.3. The number of carbonyl (C=O) groups excluding carboxylic acids is 1. The number of fused-ring (bicyclic) bond motifs is 4. The summed E-state index contributed by atoms with van der Waals surface area (Å²) in [5.41, 5.74) is 1.11. The lowest BCUT2D eigenvalue weighted by molar-refractivity contribution is -0.133. The van der Waals surface area contributed by atoms with Crippen LogP contribution in [0.15, 0.2) is 18.2 Å². The number of hydrogen-bond donors (Lipinski definition) is 0. The molecule has 3 aliphatic heterocycles. The number of aryl methyl sites for hydroxylation is 1. The molecule has 1 amide bonds. The van der Waals surface area contributed by atoms with E-state index in [-0.39, 0.29) is 12.7 Å². The van der Waals surface area contributed by atoms with Gasteiger partial charge in [-0.25, -0.2) is 0 Å². The van der Waals surface area contributed by atoms with Crippen molar-refractivity contribution in [2.45, 2.75) is 18.9 Å². The molecule has 0 aromatic heterocycles. The van der Waals surface area contributed by atoms with Crippen LogP contribution in [-0.2, 0) is 16.0 Å². The summed E-state index contributed by atoms with van der Waals surface area (Å²) in [6, 6.07) is 6.23. The molecule has 130 valence electrons. The van der Waals surface area contributed by atoms with Crippen LogP contribution < -0.4 is 9.47 Å². The molecule has 3 aliphatic rings. The highest BCUT2D eigenvalue weighted by molar-refractivity contribution is 5.76. The fourth-order valence-electron chi connectivity index (χ4n) is 3.76. The van der Waals surface area contributed by atoms with Crippen LogP contribution in [0.2, 0.25) is 0 Å². The van der Waals surface area contributed by atoms with E-state index < -0.39 is 0 Å². The Balaban J connectivity index is 1.37. The SMILES string of the molecule is CN1C[C@H]2COC[C@@H]1CN(C(=O)CCc1ccc3c(c1)OCO3)C2. The quantitative estimate of drug-likeness (QED) is 0.831. The summed E-state index contributed by atoms with van der Waals surface area (Å²) in [6.45, 7) is 4.35. The van der Waals surface area contributed by atoms with Crippen molar-refractivity contribution in [3.8, 4) is 11.5 Å². The predicted octanol–water partition coefficient (Wildman–Crippen LogP) is 1.14. The van der Waals surface area contributed by atoms with E-state index in [1.807, 2.05) is 23.1 Å². The molecule has 0 N–H and O–H groups in total. The van der Waals surface area contributed by atoms with Crippen LogP contribution in [0.5, 0.6) is 11.5 Å². The van der Waals surface area contributed by atoms with Gasteiger partial charge in [0.05, 0.1) is 19.3 Å². The molecule has 0 radical (unpaired) electrons. The Bertz CT molecular complexity index is 621. The van der Waals surface area contributed by atoms with Gasteiger partial charge in [0.1, 0.15) is 0 Å². The Morgan fingerprint density at radius 3 is 2.96 bits per heavy atom. The molecule has 24 heavy (non-hydrogen) atoms. The van der Waals surface area contributed by atoms with E-state index in [4.69, 9.17) is 14.2 Å². The smallest absolute Gasteiger partial charge is 0.231 e. The summed E-state index contributed by atoms with van der Waals surface area (Å²) in [6.07, 6.45) is 1.26. The van der Waals surface area contributed by atoms with Crippen LogP contribution in [0.1, 0.15) is 12.0 Å². The number of rotatable bonds is 3. The molecule has 2 atom stereocenters. The lowest BCUT2D eigenvalue weighted by Gasteiger charge is -2.29. The van der Waals surface area contributed by atoms with Crippen molar-refractivity contribution in [1.82, 2.24) is 9.80 Å². The lowest BCUT2D eigenvalue weighted by Crippen LogP contribution is -2.44. The van der Waals surface area contributed by atoms with Crippen LogP contribution in [-0.4, -0.2) is 68.4 Å². The Labute approximate surface area is 142 Å². The number of benzene rings is 1. The second-order valence-corrected chi connectivity index (χ2v) is 6.98. The van der Waals surface area contributed by atoms with Crippen molar-refractivity contribution in [2.75, 3.05) is 46.7 Å². The summed E-state index contributed by atoms with van der Waals surface area (Å²) in [5.74, 6) is 2.22. The van der Waals surface area contributed by atoms with Crippen molar-refractivity contribution in [2.24, 2.45) is 5.92 Å². The zero-order chi connectivity index (χ0) is 16.5. The fraction of sp³-hybridized carbons (Fsp3) is 0.611. The van der Waals surface area contributed by atoms with Crippen molar-refractivity contribution >= 4 is 5.91 Å². The molecule has 3 heterocycles. The summed E-state index contributed by atoms with van der Waals surface area (Å²) < 4.78 is 16.5. The summed E-state index contributed by atoms with van der Waals surface area (Å²) in [5, 5.41) is 0. The molecule has 2 bridgehead atoms. The molecule has 6 heteroatoms. The van der Waals surface area contributed by atoms with Crippen molar-refractivity contribution in [3.05, 3.63) is 23.8 Å². The number of carbonyl (C=O) groups is 1. The Morgan fingerprint density at radius 1 is 1.17 bits per heavy atom. The minimum Gasteiger partial charge on any atom is -0.454 e. The third kappa shape index (κ3) is 3.21. The Hall–Kier alpha value is -1.79. The third-order valence-electron chi connectivity index (χ3n) is 5.16. The van der Waals surface area contributed by atoms with E-state index in [0.717, 1.165) is 56.3 Å². The topological polar surface area (TPSA) is 51.2 Å². The monoisotopic (exact) mass is 332 g/mol. The number of hydrogen-bond acceptors (Lipinski definition) is 5. The second kappa shape index (κ2) is 6.61. The number of nitrogens with zero attached hydrogens (tertiary/aromatic N) is 2. The van der Waals surface area contributed by atoms with Gasteiger partial charge >= 0.3 is 0 Å². The first-order valence-corrected chi connectivity index (χ1v) is 8.63. The maximum atomic E-state index is 12.7. The first kappa shape index (κ1) is 15.7. The van der Waals surface area contributed by atoms with E-state index >= 15 is 0 Å². The van der Waals surface area contributed by atoms with E-state index in [2.05, 4.69) is 11.9 Å². The summed E-state index contributed by atoms with van der Waals surface area (Å²) in [4.78, 5) is 17.1. The number of likely N-dealkylation sites (N-methyl/N-ethyl adjacent to an activating group) is 1. The molecule has 4 rings (SSSR count). The highest BCUT2D eigenvalue weighted by atomic mass is 16.7. The molecule has 0 aliphatic carbocycles. The maximum Gasteiger partial charge on any atom is 0.231 e. The van der Waals surface area contributed by atoms with Gasteiger partial charge in [0.2, 0.25) is 12.7 Å². The zero-order valence-electron chi connectivity index (χ0n) is 14.1. The Morgan fingerprint density at radius 2 is 2.04 bits per heavy atom. The van der Waals surface area contributed by atoms with Crippen molar-refractivity contribution in [1.29, 1.82) is 0 Å². The average molecular weight is 332 g/mol. The molecular weight excluding hydrogens is 308 g/mol. The number of amides is 1. The standard InChI is InChI=1S/C18H24N2O4/c1-19-7-14-8-20(9-15(19)11-22-10-14)18(21)5-3-13-2-4-16-17(6-13)24-12-23-16/h2,4,6,14-15H,3,5,7-12H2,1H3/t14-,15+/m1/s1. The van der Waals surface area contributed by atoms with Crippen LogP contribution in [0, 0.1) is 5.92 Å². The average Bonchev–Trinajstić information content (AvgIpc) is 2.88. The van der Waals surface area contributed by atoms with E-state index in [1.54, 1.807) is 0 Å². The fourth-order valence-corrected chi connectivity index (χ4v) is 3.76. The number of ether oxygens (including phenoxy) is 3. The second-order valence-electron chi connectivity index (χ2n) is 6.98. The summed E-state index contributed by atoms with van der Waals surface area (Å²) >= 11 is 0. The van der Waals surface area contributed by atoms with Gasteiger partial charge in [0.25, 0.3) is 0 Å². The van der Waals surface area contributed by atoms with Crippen LogP contribution in [0.4, 0.5) is 0 Å². The van der Waals surface area contributed by atoms with Gasteiger partial charge in [-0.1, -0.05) is 6.07 Å². The summed E-state index contributed by atoms with van der Waals surface area (Å²) in [7, 11) is 2.13. The van der Waals surface area contributed by atoms with Crippen LogP contribution in [0.3, 0.4) is 0 Å². The molecule has 1 aromatic rings. The van der Waals surface area contributed by atoms with Crippen molar-refractivity contribution in [3.63, 3.8) is 0 Å². The third-order valence-corrected chi connectivity index (χ3v) is 5.16. The van der Waals surface area contributed by atoms with Crippen molar-refractivity contribution < 1.29 is 19.0 Å². The highest BCUT2D eigenvalue weighted by Gasteiger charge is 2.33. The van der Waals surface area contributed by atoms with Gasteiger partial charge in [-0.3, -0.25) is 9.69 Å². The van der Waals surface area contributed by atoms with Gasteiger partial charge in [-0.15, -0.1) is 0 Å². The van der Waals surface area contributed by atoms with Crippen LogP contribution >= 0.6 is 0 Å². The maximum absolute atomic E-state index is 12.7. The van der Waals surface area contributed by atoms with Gasteiger partial charge in [-0.05, 0) is 31.2 Å². The van der Waals surface area contributed by atoms with Gasteiger partial charge in [0.15, 0.2) is 11.5 Å². The van der Waals surface area contributed by atoms with Gasteiger partial charge in [0, 0.05) is 32.0 Å². The van der Waals surface area contributed by atoms with E-state index in [0.29, 0.717) is 18.4 Å². The van der Waals surface area contributed by atoms with Gasteiger partial charge < -0.3 is 19.1 Å². The molecule has 0 unspecified atom stereocenters. The Kier molecular flexibility index (Phi) is 4.33. The molecule has 6 nitrogen and oxygen atoms in total. The minimum atomic E-state index is 0.236. The van der Waals surface area contributed by atoms with Gasteiger partial charge in [-0.2, -0.15) is 0 Å². The molecule has 2 saturated heterocycles. The largest absolute Gasteiger partial charge is 0.454 e. The lowest BCUT2D eigenvalue weighted by atomic mass is 10.1. The molecule has 1 aromatic carbocycles. The predicted molar refractivity (Wildman–Crippen MR) is 88.2 cm³/mol. The first-order chi connectivity index (χ1) is 11.7. The van der Waals surface area contributed by atoms with E-state index in [9.17, 15) is 4.79 Å². The highest BCUT2D eigenvalue weighted by Crippen LogP contribution is 2.32. The first-order valence-electron chi connectivity index (χ1n) is 8.63. The molecule has 0 saturated carbocycles. The van der Waals surface area contributed by atoms with Crippen LogP contribution in [0.25, 0.3) is 0 Å². The zero-order valence-corrected chi connectivity index (χ0v) is 14.1. The molecule has 0 spiro atoms. The minimum absolute atomic E-state index is 0.236. The van der Waals surface area contributed by atoms with E-state index in [1.165, 1.54) is 0 Å².